The highest BCUT2D eigenvalue weighted by Gasteiger charge is 2.36. The number of carbonyl (C=O) groups is 1. The van der Waals surface area contributed by atoms with Crippen LogP contribution in [0.25, 0.3) is 0 Å². The van der Waals surface area contributed by atoms with Crippen molar-refractivity contribution in [1.82, 2.24) is 20.2 Å². The fourth-order valence-corrected chi connectivity index (χ4v) is 4.94. The number of nitrogens with one attached hydrogen (secondary N) is 2. The van der Waals surface area contributed by atoms with Crippen LogP contribution in [0.4, 0.5) is 5.13 Å². The van der Waals surface area contributed by atoms with Crippen LogP contribution in [0.2, 0.25) is 0 Å². The molecule has 1 aliphatic rings. The number of carbonyl (C=O) groups excluding carboxylic acids is 1. The van der Waals surface area contributed by atoms with Crippen molar-refractivity contribution in [1.29, 1.82) is 0 Å². The highest BCUT2D eigenvalue weighted by Crippen LogP contribution is 2.33. The van der Waals surface area contributed by atoms with E-state index in [1.165, 1.54) is 29.8 Å². The average molecular weight is 447 g/mol. The number of hydrogen-bond acceptors (Lipinski definition) is 9. The van der Waals surface area contributed by atoms with Crippen LogP contribution < -0.4 is 5.32 Å². The molecular weight excluding hydrogens is 428 g/mol. The molecular formula is C18H18N6O4S2. The van der Waals surface area contributed by atoms with Gasteiger partial charge < -0.3 is 4.84 Å². The van der Waals surface area contributed by atoms with Crippen molar-refractivity contribution in [2.45, 2.75) is 36.5 Å². The number of aryl methyl sites for hydroxylation is 1. The topological polar surface area (TPSA) is 139 Å². The van der Waals surface area contributed by atoms with E-state index in [2.05, 4.69) is 30.6 Å². The molecule has 2 N–H and O–H groups in total. The molecule has 3 aromatic rings. The van der Waals surface area contributed by atoms with Crippen LogP contribution >= 0.6 is 11.3 Å². The maximum Gasteiger partial charge on any atom is 0.280 e. The molecule has 0 saturated heterocycles. The molecule has 156 valence electrons. The van der Waals surface area contributed by atoms with Gasteiger partial charge in [-0.25, -0.2) is 18.4 Å². The van der Waals surface area contributed by atoms with E-state index >= 15 is 0 Å². The van der Waals surface area contributed by atoms with Crippen LogP contribution in [0.15, 0.2) is 46.8 Å². The van der Waals surface area contributed by atoms with E-state index in [0.29, 0.717) is 29.4 Å². The molecule has 30 heavy (non-hydrogen) atoms. The minimum Gasteiger partial charge on any atom is -0.387 e. The maximum atomic E-state index is 12.8. The summed E-state index contributed by atoms with van der Waals surface area (Å²) in [6.07, 6.45) is 4.35. The van der Waals surface area contributed by atoms with E-state index in [0.717, 1.165) is 4.88 Å². The van der Waals surface area contributed by atoms with Crippen LogP contribution in [0.3, 0.4) is 0 Å². The quantitative estimate of drug-likeness (QED) is 0.399. The number of aromatic amines is 1. The molecule has 1 amide bonds. The van der Waals surface area contributed by atoms with Crippen molar-refractivity contribution in [3.05, 3.63) is 53.1 Å². The number of hydrogen-bond donors (Lipinski definition) is 2. The fraction of sp³-hybridized carbons (Fsp3) is 0.278. The summed E-state index contributed by atoms with van der Waals surface area (Å²) in [4.78, 5) is 27.3. The summed E-state index contributed by atoms with van der Waals surface area (Å²) in [5.74, 6) is -0.0837. The first-order valence-corrected chi connectivity index (χ1v) is 11.4. The minimum atomic E-state index is -3.32. The Hall–Kier alpha value is -3.12. The number of H-pyrrole nitrogens is 1. The van der Waals surface area contributed by atoms with E-state index in [9.17, 15) is 13.2 Å². The van der Waals surface area contributed by atoms with Gasteiger partial charge in [0.25, 0.3) is 5.91 Å². The Balaban J connectivity index is 1.57. The van der Waals surface area contributed by atoms with Gasteiger partial charge in [0.15, 0.2) is 33.1 Å². The largest absolute Gasteiger partial charge is 0.387 e. The number of anilines is 1. The summed E-state index contributed by atoms with van der Waals surface area (Å²) in [6, 6.07) is 6.04. The first-order chi connectivity index (χ1) is 14.4. The van der Waals surface area contributed by atoms with Crippen molar-refractivity contribution in [2.75, 3.05) is 5.32 Å². The van der Waals surface area contributed by atoms with Crippen LogP contribution in [0.1, 0.15) is 29.1 Å². The molecule has 2 heterocycles. The van der Waals surface area contributed by atoms with Gasteiger partial charge in [0.2, 0.25) is 0 Å². The summed E-state index contributed by atoms with van der Waals surface area (Å²) in [5, 5.41) is 13.1. The number of amides is 1. The second-order valence-corrected chi connectivity index (χ2v) is 10.1. The summed E-state index contributed by atoms with van der Waals surface area (Å²) in [6.45, 7) is 1.86. The molecule has 0 unspecified atom stereocenters. The van der Waals surface area contributed by atoms with Gasteiger partial charge >= 0.3 is 0 Å². The van der Waals surface area contributed by atoms with Gasteiger partial charge in [-0.1, -0.05) is 17.3 Å². The number of oxime groups is 1. The highest BCUT2D eigenvalue weighted by molar-refractivity contribution is 7.92. The van der Waals surface area contributed by atoms with Crippen molar-refractivity contribution < 1.29 is 18.0 Å². The lowest BCUT2D eigenvalue weighted by Crippen LogP contribution is -2.24. The number of sulfone groups is 1. The van der Waals surface area contributed by atoms with Gasteiger partial charge in [0, 0.05) is 16.6 Å². The zero-order valence-electron chi connectivity index (χ0n) is 15.9. The van der Waals surface area contributed by atoms with Gasteiger partial charge in [-0.3, -0.25) is 15.2 Å². The molecule has 10 nitrogen and oxygen atoms in total. The molecule has 4 rings (SSSR count). The Morgan fingerprint density at radius 1 is 1.30 bits per heavy atom. The maximum absolute atomic E-state index is 12.8. The smallest absolute Gasteiger partial charge is 0.280 e. The Kier molecular flexibility index (Phi) is 5.59. The summed E-state index contributed by atoms with van der Waals surface area (Å²) < 4.78 is 24.8. The molecule has 0 aliphatic heterocycles. The highest BCUT2D eigenvalue weighted by atomic mass is 32.2. The van der Waals surface area contributed by atoms with Crippen LogP contribution in [0.5, 0.6) is 0 Å². The second-order valence-electron chi connectivity index (χ2n) is 6.64. The first kappa shape index (κ1) is 20.2. The van der Waals surface area contributed by atoms with Crippen molar-refractivity contribution in [3.63, 3.8) is 0 Å². The number of thiazole rings is 1. The standard InChI is InChI=1S/C18H18N6O4S2/c1-11-8-19-18(29-11)22-17(25)16(24-28-9-15-20-10-21-23-15)12-2-4-13(5-3-12)30(26,27)14-6-7-14/h2-5,8,10,14H,6-7,9H2,1H3,(H,19,22,25)(H,20,21,23). The van der Waals surface area contributed by atoms with E-state index in [4.69, 9.17) is 4.84 Å². The third kappa shape index (κ3) is 4.54. The lowest BCUT2D eigenvalue weighted by molar-refractivity contribution is -0.110. The number of rotatable bonds is 8. The molecule has 0 radical (unpaired) electrons. The molecule has 0 bridgehead atoms. The van der Waals surface area contributed by atoms with Crippen LogP contribution in [-0.4, -0.2) is 45.5 Å². The number of benzene rings is 1. The Morgan fingerprint density at radius 3 is 2.67 bits per heavy atom. The number of nitrogens with zero attached hydrogens (tertiary/aromatic N) is 4. The average Bonchev–Trinajstić information content (AvgIpc) is 3.34. The predicted molar refractivity (Wildman–Crippen MR) is 110 cm³/mol. The van der Waals surface area contributed by atoms with Crippen LogP contribution in [-0.2, 0) is 26.1 Å². The Morgan fingerprint density at radius 2 is 2.07 bits per heavy atom. The molecule has 1 aromatic carbocycles. The van der Waals surface area contributed by atoms with Crippen LogP contribution in [0, 0.1) is 6.92 Å². The summed E-state index contributed by atoms with van der Waals surface area (Å²) in [5.41, 5.74) is 0.394. The minimum absolute atomic E-state index is 0.0126. The van der Waals surface area contributed by atoms with Crippen molar-refractivity contribution in [3.8, 4) is 0 Å². The third-order valence-corrected chi connectivity index (χ3v) is 7.40. The van der Waals surface area contributed by atoms with Crippen molar-refractivity contribution in [2.24, 2.45) is 5.16 Å². The number of aromatic nitrogens is 4. The first-order valence-electron chi connectivity index (χ1n) is 9.06. The molecule has 0 spiro atoms. The monoisotopic (exact) mass is 446 g/mol. The molecule has 0 atom stereocenters. The Labute approximate surface area is 176 Å². The molecule has 1 aliphatic carbocycles. The van der Waals surface area contributed by atoms with Gasteiger partial charge in [-0.05, 0) is 31.9 Å². The summed E-state index contributed by atoms with van der Waals surface area (Å²) >= 11 is 1.33. The van der Waals surface area contributed by atoms with Gasteiger partial charge in [0.1, 0.15) is 6.33 Å². The SMILES string of the molecule is Cc1cnc(NC(=O)C(=NOCc2ncn[nH]2)c2ccc(S(=O)(=O)C3CC3)cc2)s1. The lowest BCUT2D eigenvalue weighted by Gasteiger charge is -2.08. The molecule has 1 fully saturated rings. The van der Waals surface area contributed by atoms with E-state index in [1.54, 1.807) is 18.3 Å². The fourth-order valence-electron chi connectivity index (χ4n) is 2.63. The second kappa shape index (κ2) is 8.32. The normalized spacial score (nSPS) is 14.5. The lowest BCUT2D eigenvalue weighted by atomic mass is 10.1. The summed E-state index contributed by atoms with van der Waals surface area (Å²) in [7, 11) is -3.32. The molecule has 12 heteroatoms. The van der Waals surface area contributed by atoms with Gasteiger partial charge in [0.05, 0.1) is 10.1 Å². The van der Waals surface area contributed by atoms with E-state index < -0.39 is 15.7 Å². The van der Waals surface area contributed by atoms with Gasteiger partial charge in [-0.2, -0.15) is 5.10 Å². The molecule has 1 saturated carbocycles. The Bertz CT molecular complexity index is 1170. The predicted octanol–water partition coefficient (Wildman–Crippen LogP) is 2.07. The van der Waals surface area contributed by atoms with E-state index in [-0.39, 0.29) is 22.5 Å². The third-order valence-electron chi connectivity index (χ3n) is 4.30. The van der Waals surface area contributed by atoms with Crippen molar-refractivity contribution >= 4 is 37.9 Å². The van der Waals surface area contributed by atoms with Gasteiger partial charge in [-0.15, -0.1) is 11.3 Å². The zero-order valence-corrected chi connectivity index (χ0v) is 17.5. The zero-order chi connectivity index (χ0) is 21.1. The van der Waals surface area contributed by atoms with E-state index in [1.807, 2.05) is 6.92 Å². The molecule has 2 aromatic heterocycles.